The van der Waals surface area contributed by atoms with Gasteiger partial charge in [-0.3, -0.25) is 5.84 Å². The lowest BCUT2D eigenvalue weighted by Gasteiger charge is -2.11. The molecular formula is C10H18N4O2S. The number of likely N-dealkylation sites (N-methyl/N-ethyl adjacent to an activating group) is 1. The molecule has 1 aromatic carbocycles. The third-order valence-electron chi connectivity index (χ3n) is 2.18. The minimum atomic E-state index is -3.43. The Bertz CT molecular complexity index is 442. The van der Waals surface area contributed by atoms with Crippen molar-refractivity contribution in [1.29, 1.82) is 0 Å². The van der Waals surface area contributed by atoms with E-state index in [1.165, 1.54) is 12.1 Å². The number of rotatable bonds is 6. The second-order valence-electron chi connectivity index (χ2n) is 3.87. The summed E-state index contributed by atoms with van der Waals surface area (Å²) in [5.74, 6) is 5.20. The lowest BCUT2D eigenvalue weighted by Crippen LogP contribution is -2.31. The lowest BCUT2D eigenvalue weighted by atomic mass is 10.3. The Kier molecular flexibility index (Phi) is 4.88. The van der Waals surface area contributed by atoms with Crippen LogP contribution < -0.4 is 16.0 Å². The number of nitrogens with zero attached hydrogens (tertiary/aromatic N) is 1. The molecule has 0 amide bonds. The van der Waals surface area contributed by atoms with Crippen LogP contribution in [0, 0.1) is 0 Å². The summed E-state index contributed by atoms with van der Waals surface area (Å²) in [5, 5.41) is 0. The van der Waals surface area contributed by atoms with Crippen molar-refractivity contribution in [3.63, 3.8) is 0 Å². The van der Waals surface area contributed by atoms with Gasteiger partial charge in [0.05, 0.1) is 4.90 Å². The van der Waals surface area contributed by atoms with Crippen molar-refractivity contribution in [3.8, 4) is 0 Å². The molecule has 0 spiro atoms. The highest BCUT2D eigenvalue weighted by atomic mass is 32.2. The average Bonchev–Trinajstić information content (AvgIpc) is 2.28. The van der Waals surface area contributed by atoms with Crippen LogP contribution in [0.4, 0.5) is 5.69 Å². The van der Waals surface area contributed by atoms with E-state index in [2.05, 4.69) is 10.1 Å². The fourth-order valence-electron chi connectivity index (χ4n) is 1.22. The highest BCUT2D eigenvalue weighted by molar-refractivity contribution is 7.89. The van der Waals surface area contributed by atoms with Crippen molar-refractivity contribution in [1.82, 2.24) is 9.62 Å². The number of hydrogen-bond donors (Lipinski definition) is 3. The first-order valence-corrected chi connectivity index (χ1v) is 6.65. The van der Waals surface area contributed by atoms with Gasteiger partial charge in [-0.2, -0.15) is 0 Å². The molecular weight excluding hydrogens is 240 g/mol. The van der Waals surface area contributed by atoms with Gasteiger partial charge >= 0.3 is 0 Å². The molecule has 4 N–H and O–H groups in total. The molecule has 6 nitrogen and oxygen atoms in total. The molecule has 0 saturated carbocycles. The molecule has 96 valence electrons. The van der Waals surface area contributed by atoms with Crippen LogP contribution in [-0.2, 0) is 10.0 Å². The van der Waals surface area contributed by atoms with Gasteiger partial charge in [-0.1, -0.05) is 0 Å². The monoisotopic (exact) mass is 258 g/mol. The van der Waals surface area contributed by atoms with Crippen LogP contribution in [0.25, 0.3) is 0 Å². The predicted molar refractivity (Wildman–Crippen MR) is 68.0 cm³/mol. The number of nitrogen functional groups attached to an aromatic ring is 1. The zero-order valence-electron chi connectivity index (χ0n) is 9.97. The van der Waals surface area contributed by atoms with E-state index in [0.29, 0.717) is 18.8 Å². The van der Waals surface area contributed by atoms with Crippen LogP contribution in [0.5, 0.6) is 0 Å². The lowest BCUT2D eigenvalue weighted by molar-refractivity contribution is 0.412. The van der Waals surface area contributed by atoms with Gasteiger partial charge in [0.2, 0.25) is 10.0 Å². The number of hydrogen-bond acceptors (Lipinski definition) is 5. The van der Waals surface area contributed by atoms with E-state index in [9.17, 15) is 8.42 Å². The highest BCUT2D eigenvalue weighted by Crippen LogP contribution is 2.12. The molecule has 0 aliphatic rings. The van der Waals surface area contributed by atoms with Gasteiger partial charge in [-0.15, -0.1) is 0 Å². The Balaban J connectivity index is 2.68. The number of anilines is 1. The maximum atomic E-state index is 11.8. The predicted octanol–water partition coefficient (Wildman–Crippen LogP) is -0.188. The zero-order valence-corrected chi connectivity index (χ0v) is 10.8. The quantitative estimate of drug-likeness (QED) is 0.486. The molecule has 0 fully saturated rings. The number of sulfonamides is 1. The number of nitrogens with two attached hydrogens (primary N) is 1. The number of benzene rings is 1. The summed E-state index contributed by atoms with van der Waals surface area (Å²) in [7, 11) is 0.344. The molecule has 7 heteroatoms. The van der Waals surface area contributed by atoms with Crippen LogP contribution >= 0.6 is 0 Å². The van der Waals surface area contributed by atoms with E-state index in [-0.39, 0.29) is 4.90 Å². The summed E-state index contributed by atoms with van der Waals surface area (Å²) >= 11 is 0. The molecule has 0 aliphatic heterocycles. The average molecular weight is 258 g/mol. The maximum Gasteiger partial charge on any atom is 0.240 e. The third kappa shape index (κ3) is 4.31. The summed E-state index contributed by atoms with van der Waals surface area (Å²) in [6, 6.07) is 6.24. The Morgan fingerprint density at radius 3 is 2.29 bits per heavy atom. The summed E-state index contributed by atoms with van der Waals surface area (Å²) in [6.45, 7) is 1.04. The Labute approximate surface area is 102 Å². The van der Waals surface area contributed by atoms with E-state index in [1.807, 2.05) is 19.0 Å². The molecule has 0 heterocycles. The largest absolute Gasteiger partial charge is 0.324 e. The van der Waals surface area contributed by atoms with E-state index in [0.717, 1.165) is 0 Å². The maximum absolute atomic E-state index is 11.8. The molecule has 17 heavy (non-hydrogen) atoms. The first-order valence-electron chi connectivity index (χ1n) is 5.17. The minimum Gasteiger partial charge on any atom is -0.324 e. The number of hydrazine groups is 1. The van der Waals surface area contributed by atoms with E-state index >= 15 is 0 Å². The van der Waals surface area contributed by atoms with Crippen LogP contribution in [0.15, 0.2) is 29.2 Å². The van der Waals surface area contributed by atoms with Crippen molar-refractivity contribution in [2.45, 2.75) is 4.90 Å². The molecule has 0 aliphatic carbocycles. The van der Waals surface area contributed by atoms with Gasteiger partial charge < -0.3 is 10.3 Å². The van der Waals surface area contributed by atoms with Crippen LogP contribution in [-0.4, -0.2) is 40.5 Å². The Morgan fingerprint density at radius 2 is 1.82 bits per heavy atom. The van der Waals surface area contributed by atoms with Crippen molar-refractivity contribution in [3.05, 3.63) is 24.3 Å². The molecule has 0 bridgehead atoms. The number of nitrogens with one attached hydrogen (secondary N) is 2. The van der Waals surface area contributed by atoms with Gasteiger partial charge in [-0.05, 0) is 38.4 Å². The van der Waals surface area contributed by atoms with E-state index in [4.69, 9.17) is 5.84 Å². The normalized spacial score (nSPS) is 11.8. The molecule has 0 unspecified atom stereocenters. The topological polar surface area (TPSA) is 87.5 Å². The van der Waals surface area contributed by atoms with Crippen molar-refractivity contribution in [2.75, 3.05) is 32.6 Å². The fourth-order valence-corrected chi connectivity index (χ4v) is 2.24. The molecule has 0 atom stereocenters. The summed E-state index contributed by atoms with van der Waals surface area (Å²) in [4.78, 5) is 2.14. The van der Waals surface area contributed by atoms with Gasteiger partial charge in [-0.25, -0.2) is 13.1 Å². The minimum absolute atomic E-state index is 0.232. The van der Waals surface area contributed by atoms with Gasteiger partial charge in [0.15, 0.2) is 0 Å². The van der Waals surface area contributed by atoms with Crippen molar-refractivity contribution in [2.24, 2.45) is 5.84 Å². The molecule has 1 rings (SSSR count). The summed E-state index contributed by atoms with van der Waals surface area (Å²) in [5.41, 5.74) is 3.11. The fraction of sp³-hybridized carbons (Fsp3) is 0.400. The molecule has 0 radical (unpaired) electrons. The molecule has 1 aromatic rings. The summed E-state index contributed by atoms with van der Waals surface area (Å²) < 4.78 is 26.2. The SMILES string of the molecule is CN(C)CCNS(=O)(=O)c1ccc(NN)cc1. The second-order valence-corrected chi connectivity index (χ2v) is 5.64. The van der Waals surface area contributed by atoms with Gasteiger partial charge in [0.1, 0.15) is 0 Å². The molecule has 0 aromatic heterocycles. The van der Waals surface area contributed by atoms with Crippen LogP contribution in [0.2, 0.25) is 0 Å². The van der Waals surface area contributed by atoms with Gasteiger partial charge in [0.25, 0.3) is 0 Å². The standard InChI is InChI=1S/C10H18N4O2S/c1-14(2)8-7-12-17(15,16)10-5-3-9(13-11)4-6-10/h3-6,12-13H,7-8,11H2,1-2H3. The van der Waals surface area contributed by atoms with Crippen LogP contribution in [0.3, 0.4) is 0 Å². The smallest absolute Gasteiger partial charge is 0.240 e. The van der Waals surface area contributed by atoms with Gasteiger partial charge in [0, 0.05) is 18.8 Å². The van der Waals surface area contributed by atoms with Crippen molar-refractivity contribution >= 4 is 15.7 Å². The zero-order chi connectivity index (χ0) is 12.9. The summed E-state index contributed by atoms with van der Waals surface area (Å²) in [6.07, 6.45) is 0. The van der Waals surface area contributed by atoms with E-state index < -0.39 is 10.0 Å². The van der Waals surface area contributed by atoms with Crippen LogP contribution in [0.1, 0.15) is 0 Å². The highest BCUT2D eigenvalue weighted by Gasteiger charge is 2.12. The van der Waals surface area contributed by atoms with Crippen molar-refractivity contribution < 1.29 is 8.42 Å². The third-order valence-corrected chi connectivity index (χ3v) is 3.66. The Hall–Kier alpha value is -1.15. The first kappa shape index (κ1) is 13.9. The Morgan fingerprint density at radius 1 is 1.24 bits per heavy atom. The first-order chi connectivity index (χ1) is 7.95. The second kappa shape index (κ2) is 5.97. The molecule has 0 saturated heterocycles. The van der Waals surface area contributed by atoms with E-state index in [1.54, 1.807) is 12.1 Å².